The van der Waals surface area contributed by atoms with Crippen molar-refractivity contribution in [3.63, 3.8) is 0 Å². The second kappa shape index (κ2) is 5.40. The minimum Gasteiger partial charge on any atom is -1.00 e. The summed E-state index contributed by atoms with van der Waals surface area (Å²) < 4.78 is 3.12. The number of aryl methyl sites for hydroxylation is 1. The Labute approximate surface area is 131 Å². The highest BCUT2D eigenvalue weighted by Gasteiger charge is 2.04. The molecule has 0 unspecified atom stereocenters. The predicted molar refractivity (Wildman–Crippen MR) is 73.1 cm³/mol. The van der Waals surface area contributed by atoms with Crippen LogP contribution >= 0.6 is 15.9 Å². The molecule has 3 aromatic rings. The normalized spacial score (nSPS) is 10.3. The van der Waals surface area contributed by atoms with Crippen LogP contribution in [-0.4, -0.2) is 9.38 Å². The molecule has 1 aromatic carbocycles. The quantitative estimate of drug-likeness (QED) is 0.545. The van der Waals surface area contributed by atoms with E-state index in [1.807, 2.05) is 22.7 Å². The molecule has 0 amide bonds. The van der Waals surface area contributed by atoms with Crippen molar-refractivity contribution in [3.8, 4) is 11.3 Å². The van der Waals surface area contributed by atoms with Gasteiger partial charge in [-0.2, -0.15) is 0 Å². The van der Waals surface area contributed by atoms with Crippen molar-refractivity contribution in [1.29, 1.82) is 0 Å². The first kappa shape index (κ1) is 13.5. The summed E-state index contributed by atoms with van der Waals surface area (Å²) in [6.07, 6.45) is 4.09. The molecular weight excluding hydrogens is 403 g/mol. The van der Waals surface area contributed by atoms with Crippen LogP contribution in [0.3, 0.4) is 0 Å². The third-order valence-electron chi connectivity index (χ3n) is 2.74. The number of aromatic nitrogens is 2. The maximum absolute atomic E-state index is 4.63. The number of hydrogen-bond acceptors (Lipinski definition) is 1. The van der Waals surface area contributed by atoms with Crippen LogP contribution in [0.2, 0.25) is 0 Å². The number of imidazole rings is 1. The van der Waals surface area contributed by atoms with Crippen LogP contribution < -0.4 is 24.0 Å². The van der Waals surface area contributed by atoms with Gasteiger partial charge in [0, 0.05) is 22.4 Å². The second-order valence-electron chi connectivity index (χ2n) is 4.11. The highest BCUT2D eigenvalue weighted by Crippen LogP contribution is 2.22. The number of hydrogen-bond donors (Lipinski definition) is 0. The van der Waals surface area contributed by atoms with Gasteiger partial charge in [-0.1, -0.05) is 28.1 Å². The highest BCUT2D eigenvalue weighted by molar-refractivity contribution is 9.10. The number of rotatable bonds is 1. The van der Waals surface area contributed by atoms with Crippen LogP contribution in [0.15, 0.2) is 53.3 Å². The SMILES string of the molecule is Cc1ccn2cc(-c3cccc(Br)c3)nc2c1.[I-]. The van der Waals surface area contributed by atoms with Gasteiger partial charge < -0.3 is 28.4 Å². The predicted octanol–water partition coefficient (Wildman–Crippen LogP) is 1.08. The average molecular weight is 414 g/mol. The summed E-state index contributed by atoms with van der Waals surface area (Å²) in [6, 6.07) is 12.4. The van der Waals surface area contributed by atoms with Crippen molar-refractivity contribution in [2.75, 3.05) is 0 Å². The first-order chi connectivity index (χ1) is 8.22. The van der Waals surface area contributed by atoms with Gasteiger partial charge in [0.15, 0.2) is 0 Å². The fourth-order valence-electron chi connectivity index (χ4n) is 1.87. The van der Waals surface area contributed by atoms with E-state index in [9.17, 15) is 0 Å². The molecule has 0 aliphatic carbocycles. The minimum atomic E-state index is 0. The molecule has 0 fully saturated rings. The maximum atomic E-state index is 4.63. The summed E-state index contributed by atoms with van der Waals surface area (Å²) in [6.45, 7) is 2.08. The molecule has 0 saturated carbocycles. The van der Waals surface area contributed by atoms with Gasteiger partial charge in [-0.05, 0) is 36.8 Å². The maximum Gasteiger partial charge on any atom is 0.137 e. The Hall–Kier alpha value is -0.880. The Morgan fingerprint density at radius 3 is 2.78 bits per heavy atom. The number of halogens is 2. The molecule has 0 N–H and O–H groups in total. The Balaban J connectivity index is 0.00000120. The molecular formula is C14H11BrIN2-. The molecule has 0 radical (unpaired) electrons. The summed E-state index contributed by atoms with van der Waals surface area (Å²) in [7, 11) is 0. The van der Waals surface area contributed by atoms with E-state index in [4.69, 9.17) is 0 Å². The molecule has 0 bridgehead atoms. The number of pyridine rings is 1. The van der Waals surface area contributed by atoms with Crippen molar-refractivity contribution in [2.24, 2.45) is 0 Å². The van der Waals surface area contributed by atoms with E-state index < -0.39 is 0 Å². The Morgan fingerprint density at radius 1 is 1.17 bits per heavy atom. The standard InChI is InChI=1S/C14H11BrN2.HI/c1-10-5-6-17-9-13(16-14(17)7-10)11-3-2-4-12(15)8-11;/h2-9H,1H3;1H/p-1. The van der Waals surface area contributed by atoms with E-state index in [-0.39, 0.29) is 24.0 Å². The smallest absolute Gasteiger partial charge is 0.137 e. The molecule has 0 saturated heterocycles. The summed E-state index contributed by atoms with van der Waals surface area (Å²) in [5.41, 5.74) is 4.33. The minimum absolute atomic E-state index is 0. The lowest BCUT2D eigenvalue weighted by molar-refractivity contribution is -0.00000341. The molecule has 0 aliphatic heterocycles. The lowest BCUT2D eigenvalue weighted by Gasteiger charge is -1.95. The second-order valence-corrected chi connectivity index (χ2v) is 5.02. The third-order valence-corrected chi connectivity index (χ3v) is 3.23. The van der Waals surface area contributed by atoms with Gasteiger partial charge in [-0.15, -0.1) is 0 Å². The first-order valence-electron chi connectivity index (χ1n) is 5.44. The fraction of sp³-hybridized carbons (Fsp3) is 0.0714. The van der Waals surface area contributed by atoms with E-state index in [1.54, 1.807) is 0 Å². The van der Waals surface area contributed by atoms with E-state index in [0.717, 1.165) is 21.4 Å². The zero-order valence-electron chi connectivity index (χ0n) is 9.77. The molecule has 0 aliphatic rings. The van der Waals surface area contributed by atoms with Crippen molar-refractivity contribution < 1.29 is 24.0 Å². The molecule has 92 valence electrons. The van der Waals surface area contributed by atoms with Gasteiger partial charge in [0.1, 0.15) is 5.65 Å². The van der Waals surface area contributed by atoms with Crippen LogP contribution in [0.4, 0.5) is 0 Å². The van der Waals surface area contributed by atoms with Gasteiger partial charge >= 0.3 is 0 Å². The summed E-state index contributed by atoms with van der Waals surface area (Å²) >= 11 is 3.48. The van der Waals surface area contributed by atoms with E-state index in [1.165, 1.54) is 5.56 Å². The molecule has 3 rings (SSSR count). The van der Waals surface area contributed by atoms with Gasteiger partial charge in [-0.3, -0.25) is 0 Å². The summed E-state index contributed by atoms with van der Waals surface area (Å²) in [5.74, 6) is 0. The average Bonchev–Trinajstić information content (AvgIpc) is 2.72. The Bertz CT molecular complexity index is 691. The van der Waals surface area contributed by atoms with Crippen LogP contribution in [0, 0.1) is 6.92 Å². The lowest BCUT2D eigenvalue weighted by atomic mass is 10.2. The summed E-state index contributed by atoms with van der Waals surface area (Å²) in [5, 5.41) is 0. The molecule has 2 nitrogen and oxygen atoms in total. The molecule has 18 heavy (non-hydrogen) atoms. The molecule has 2 heterocycles. The zero-order chi connectivity index (χ0) is 11.8. The van der Waals surface area contributed by atoms with Crippen molar-refractivity contribution in [3.05, 3.63) is 58.8 Å². The van der Waals surface area contributed by atoms with Crippen molar-refractivity contribution >= 4 is 21.6 Å². The fourth-order valence-corrected chi connectivity index (χ4v) is 2.27. The van der Waals surface area contributed by atoms with Gasteiger partial charge in [0.2, 0.25) is 0 Å². The number of benzene rings is 1. The van der Waals surface area contributed by atoms with Crippen LogP contribution in [-0.2, 0) is 0 Å². The number of nitrogens with zero attached hydrogens (tertiary/aromatic N) is 2. The van der Waals surface area contributed by atoms with Gasteiger partial charge in [0.25, 0.3) is 0 Å². The third kappa shape index (κ3) is 2.59. The summed E-state index contributed by atoms with van der Waals surface area (Å²) in [4.78, 5) is 4.63. The highest BCUT2D eigenvalue weighted by atomic mass is 127. The van der Waals surface area contributed by atoms with Gasteiger partial charge in [-0.25, -0.2) is 4.98 Å². The molecule has 2 aromatic heterocycles. The topological polar surface area (TPSA) is 17.3 Å². The van der Waals surface area contributed by atoms with Crippen molar-refractivity contribution in [1.82, 2.24) is 9.38 Å². The Kier molecular flexibility index (Phi) is 4.07. The monoisotopic (exact) mass is 413 g/mol. The first-order valence-corrected chi connectivity index (χ1v) is 6.23. The molecule has 0 spiro atoms. The Morgan fingerprint density at radius 2 is 2.00 bits per heavy atom. The van der Waals surface area contributed by atoms with Crippen LogP contribution in [0.25, 0.3) is 16.9 Å². The van der Waals surface area contributed by atoms with E-state index in [2.05, 4.69) is 58.3 Å². The van der Waals surface area contributed by atoms with Crippen LogP contribution in [0.1, 0.15) is 5.56 Å². The van der Waals surface area contributed by atoms with Crippen LogP contribution in [0.5, 0.6) is 0 Å². The van der Waals surface area contributed by atoms with Crippen molar-refractivity contribution in [2.45, 2.75) is 6.92 Å². The number of fused-ring (bicyclic) bond motifs is 1. The van der Waals surface area contributed by atoms with Gasteiger partial charge in [0.05, 0.1) is 5.69 Å². The van der Waals surface area contributed by atoms with E-state index >= 15 is 0 Å². The lowest BCUT2D eigenvalue weighted by Crippen LogP contribution is -3.00. The molecule has 4 heteroatoms. The molecule has 0 atom stereocenters. The largest absolute Gasteiger partial charge is 1.00 e. The zero-order valence-corrected chi connectivity index (χ0v) is 13.5. The van der Waals surface area contributed by atoms with E-state index in [0.29, 0.717) is 0 Å².